The predicted octanol–water partition coefficient (Wildman–Crippen LogP) is 1.83. The molecule has 0 saturated carbocycles. The van der Waals surface area contributed by atoms with E-state index in [0.717, 1.165) is 17.7 Å². The number of hydrogen-bond acceptors (Lipinski definition) is 11. The molecule has 1 unspecified atom stereocenters. The molecule has 14 nitrogen and oxygen atoms in total. The van der Waals surface area contributed by atoms with E-state index < -0.39 is 29.7 Å². The standard InChI is InChI=1S/C31H43N3O11/c1-2-40-13-14-42-17-18-44-21-22-45-20-19-43-16-15-41-12-5-3-4-9-26(35)32-24-8-6-7-23-28(24)31(39)34(30(23)38)25-10-11-27(36)33-29(25)37/h2,6-8,25H,1,3-5,9-22H2,(H,32,35)(H,33,36,37). The van der Waals surface area contributed by atoms with Gasteiger partial charge >= 0.3 is 0 Å². The number of piperidine rings is 1. The number of nitrogens with one attached hydrogen (secondary N) is 2. The number of carbonyl (C=O) groups is 5. The second-order valence-electron chi connectivity index (χ2n) is 10.1. The first kappa shape index (κ1) is 35.8. The van der Waals surface area contributed by atoms with Crippen LogP contribution in [0.4, 0.5) is 5.69 Å². The number of unbranched alkanes of at least 4 members (excludes halogenated alkanes) is 2. The Morgan fingerprint density at radius 2 is 1.42 bits per heavy atom. The van der Waals surface area contributed by atoms with Crippen molar-refractivity contribution < 1.29 is 52.4 Å². The number of amides is 5. The van der Waals surface area contributed by atoms with Crippen molar-refractivity contribution in [2.45, 2.75) is 44.6 Å². The van der Waals surface area contributed by atoms with Gasteiger partial charge in [0.25, 0.3) is 11.8 Å². The van der Waals surface area contributed by atoms with Gasteiger partial charge in [0.15, 0.2) is 0 Å². The third-order valence-corrected chi connectivity index (χ3v) is 6.89. The van der Waals surface area contributed by atoms with Crippen LogP contribution in [-0.4, -0.2) is 113 Å². The van der Waals surface area contributed by atoms with E-state index in [0.29, 0.717) is 79.1 Å². The van der Waals surface area contributed by atoms with E-state index in [9.17, 15) is 24.0 Å². The predicted molar refractivity (Wildman–Crippen MR) is 160 cm³/mol. The summed E-state index contributed by atoms with van der Waals surface area (Å²) >= 11 is 0. The highest BCUT2D eigenvalue weighted by molar-refractivity contribution is 6.26. The lowest BCUT2D eigenvalue weighted by Gasteiger charge is -2.27. The Balaban J connectivity index is 1.18. The fourth-order valence-corrected chi connectivity index (χ4v) is 4.67. The van der Waals surface area contributed by atoms with Crippen molar-refractivity contribution in [2.75, 3.05) is 78.0 Å². The summed E-state index contributed by atoms with van der Waals surface area (Å²) in [6.07, 6.45) is 3.87. The number of fused-ring (bicyclic) bond motifs is 1. The molecule has 0 radical (unpaired) electrons. The first-order chi connectivity index (χ1) is 21.9. The van der Waals surface area contributed by atoms with Crippen LogP contribution in [0.2, 0.25) is 0 Å². The van der Waals surface area contributed by atoms with Crippen LogP contribution in [0.15, 0.2) is 31.0 Å². The summed E-state index contributed by atoms with van der Waals surface area (Å²) in [4.78, 5) is 63.3. The minimum atomic E-state index is -1.07. The second kappa shape index (κ2) is 20.4. The van der Waals surface area contributed by atoms with E-state index in [1.807, 2.05) is 0 Å². The highest BCUT2D eigenvalue weighted by atomic mass is 16.6. The lowest BCUT2D eigenvalue weighted by molar-refractivity contribution is -0.136. The molecule has 0 aliphatic carbocycles. The maximum absolute atomic E-state index is 13.1. The molecule has 1 aromatic carbocycles. The summed E-state index contributed by atoms with van der Waals surface area (Å²) < 4.78 is 32.1. The number of anilines is 1. The molecule has 2 heterocycles. The number of rotatable bonds is 24. The normalized spacial score (nSPS) is 16.1. The summed E-state index contributed by atoms with van der Waals surface area (Å²) in [7, 11) is 0. The van der Waals surface area contributed by atoms with Crippen LogP contribution in [0.25, 0.3) is 0 Å². The van der Waals surface area contributed by atoms with Gasteiger partial charge in [-0.1, -0.05) is 19.1 Å². The Bertz CT molecular complexity index is 1160. The molecule has 1 atom stereocenters. The minimum absolute atomic E-state index is 0.0329. The largest absolute Gasteiger partial charge is 0.499 e. The van der Waals surface area contributed by atoms with E-state index in [1.165, 1.54) is 12.3 Å². The molecule has 2 aliphatic rings. The molecule has 14 heteroatoms. The monoisotopic (exact) mass is 633 g/mol. The van der Waals surface area contributed by atoms with Crippen molar-refractivity contribution >= 4 is 35.2 Å². The molecule has 0 bridgehead atoms. The molecule has 2 aliphatic heterocycles. The van der Waals surface area contributed by atoms with Crippen LogP contribution in [0.1, 0.15) is 59.2 Å². The quantitative estimate of drug-likeness (QED) is 0.0968. The van der Waals surface area contributed by atoms with E-state index in [1.54, 1.807) is 12.1 Å². The van der Waals surface area contributed by atoms with Crippen LogP contribution in [-0.2, 0) is 42.8 Å². The Kier molecular flexibility index (Phi) is 16.2. The zero-order chi connectivity index (χ0) is 32.3. The van der Waals surface area contributed by atoms with Crippen molar-refractivity contribution in [1.29, 1.82) is 0 Å². The summed E-state index contributed by atoms with van der Waals surface area (Å²) in [5, 5.41) is 4.89. The van der Waals surface area contributed by atoms with Crippen LogP contribution in [0.5, 0.6) is 0 Å². The molecule has 45 heavy (non-hydrogen) atoms. The summed E-state index contributed by atoms with van der Waals surface area (Å²) in [5.74, 6) is -2.70. The van der Waals surface area contributed by atoms with E-state index in [-0.39, 0.29) is 42.0 Å². The van der Waals surface area contributed by atoms with Gasteiger partial charge in [-0.25, -0.2) is 0 Å². The van der Waals surface area contributed by atoms with Crippen LogP contribution in [0.3, 0.4) is 0 Å². The molecule has 2 N–H and O–H groups in total. The molecule has 0 aromatic heterocycles. The third kappa shape index (κ3) is 12.0. The average molecular weight is 634 g/mol. The Morgan fingerprint density at radius 1 is 0.822 bits per heavy atom. The van der Waals surface area contributed by atoms with E-state index in [4.69, 9.17) is 28.4 Å². The first-order valence-electron chi connectivity index (χ1n) is 15.2. The summed E-state index contributed by atoms with van der Waals surface area (Å²) in [6, 6.07) is 3.54. The number of benzene rings is 1. The maximum atomic E-state index is 13.1. The zero-order valence-electron chi connectivity index (χ0n) is 25.6. The van der Waals surface area contributed by atoms with Gasteiger partial charge in [-0.05, 0) is 31.4 Å². The van der Waals surface area contributed by atoms with Crippen molar-refractivity contribution in [2.24, 2.45) is 0 Å². The molecule has 5 amide bonds. The lowest BCUT2D eigenvalue weighted by atomic mass is 10.0. The average Bonchev–Trinajstić information content (AvgIpc) is 3.27. The second-order valence-corrected chi connectivity index (χ2v) is 10.1. The molecule has 1 fully saturated rings. The number of carbonyl (C=O) groups excluding carboxylic acids is 5. The Labute approximate surface area is 262 Å². The SMILES string of the molecule is C=COCCOCCOCCOCCOCCOCCCCCC(=O)Nc1cccc2c1C(=O)N(C1CCC(=O)NC1=O)C2=O. The Morgan fingerprint density at radius 3 is 2.02 bits per heavy atom. The van der Waals surface area contributed by atoms with E-state index >= 15 is 0 Å². The van der Waals surface area contributed by atoms with Crippen LogP contribution >= 0.6 is 0 Å². The van der Waals surface area contributed by atoms with Gasteiger partial charge in [-0.3, -0.25) is 34.2 Å². The molecule has 1 aromatic rings. The molecular weight excluding hydrogens is 590 g/mol. The van der Waals surface area contributed by atoms with Gasteiger partial charge in [0.05, 0.1) is 82.5 Å². The fourth-order valence-electron chi connectivity index (χ4n) is 4.67. The summed E-state index contributed by atoms with van der Waals surface area (Å²) in [6.45, 7) is 8.77. The van der Waals surface area contributed by atoms with Gasteiger partial charge in [0, 0.05) is 19.4 Å². The number of ether oxygens (including phenoxy) is 6. The lowest BCUT2D eigenvalue weighted by Crippen LogP contribution is -2.54. The van der Waals surface area contributed by atoms with Crippen molar-refractivity contribution in [3.05, 3.63) is 42.2 Å². The fraction of sp³-hybridized carbons (Fsp3) is 0.581. The molecule has 248 valence electrons. The number of nitrogens with zero attached hydrogens (tertiary/aromatic N) is 1. The van der Waals surface area contributed by atoms with E-state index in [2.05, 4.69) is 17.2 Å². The number of hydrogen-bond donors (Lipinski definition) is 2. The smallest absolute Gasteiger partial charge is 0.264 e. The zero-order valence-corrected chi connectivity index (χ0v) is 25.6. The Hall–Kier alpha value is -3.69. The molecule has 1 saturated heterocycles. The highest BCUT2D eigenvalue weighted by Gasteiger charge is 2.45. The third-order valence-electron chi connectivity index (χ3n) is 6.89. The minimum Gasteiger partial charge on any atom is -0.499 e. The maximum Gasteiger partial charge on any atom is 0.264 e. The van der Waals surface area contributed by atoms with Gasteiger partial charge in [0.1, 0.15) is 12.6 Å². The van der Waals surface area contributed by atoms with Crippen molar-refractivity contribution in [1.82, 2.24) is 10.2 Å². The molecule has 0 spiro atoms. The topological polar surface area (TPSA) is 168 Å². The summed E-state index contributed by atoms with van der Waals surface area (Å²) in [5.41, 5.74) is 0.394. The molecule has 3 rings (SSSR count). The first-order valence-corrected chi connectivity index (χ1v) is 15.2. The molecular formula is C31H43N3O11. The number of imide groups is 2. The van der Waals surface area contributed by atoms with Crippen molar-refractivity contribution in [3.63, 3.8) is 0 Å². The van der Waals surface area contributed by atoms with Crippen LogP contribution in [0, 0.1) is 0 Å². The van der Waals surface area contributed by atoms with Gasteiger partial charge in [-0.15, -0.1) is 0 Å². The van der Waals surface area contributed by atoms with Crippen molar-refractivity contribution in [3.8, 4) is 0 Å². The van der Waals surface area contributed by atoms with Gasteiger partial charge < -0.3 is 33.7 Å². The highest BCUT2D eigenvalue weighted by Crippen LogP contribution is 2.32. The van der Waals surface area contributed by atoms with Gasteiger partial charge in [0.2, 0.25) is 17.7 Å². The van der Waals surface area contributed by atoms with Gasteiger partial charge in [-0.2, -0.15) is 0 Å². The van der Waals surface area contributed by atoms with Crippen LogP contribution < -0.4 is 10.6 Å².